The molecule has 11 nitrogen and oxygen atoms in total. The molecule has 2 atom stereocenters. The van der Waals surface area contributed by atoms with E-state index in [0.29, 0.717) is 65.7 Å². The molecule has 1 aliphatic heterocycles. The number of carbonyl (C=O) groups is 2. The van der Waals surface area contributed by atoms with Crippen molar-refractivity contribution in [1.29, 1.82) is 0 Å². The lowest BCUT2D eigenvalue weighted by molar-refractivity contribution is -0.119. The van der Waals surface area contributed by atoms with Gasteiger partial charge in [-0.25, -0.2) is 4.98 Å². The third-order valence-corrected chi connectivity index (χ3v) is 10.7. The lowest BCUT2D eigenvalue weighted by atomic mass is 9.82. The van der Waals surface area contributed by atoms with Crippen molar-refractivity contribution < 1.29 is 24.2 Å². The van der Waals surface area contributed by atoms with E-state index in [9.17, 15) is 14.7 Å². The van der Waals surface area contributed by atoms with Crippen molar-refractivity contribution in [2.45, 2.75) is 69.9 Å². The van der Waals surface area contributed by atoms with Crippen molar-refractivity contribution in [3.8, 4) is 22.9 Å². The van der Waals surface area contributed by atoms with Gasteiger partial charge in [-0.2, -0.15) is 4.98 Å². The number of methoxy groups -OCH3 is 1. The minimum absolute atomic E-state index is 0.0815. The molecule has 5 N–H and O–H groups in total. The Morgan fingerprint density at radius 3 is 2.54 bits per heavy atom. The first kappa shape index (κ1) is 36.1. The van der Waals surface area contributed by atoms with Crippen molar-refractivity contribution in [1.82, 2.24) is 25.9 Å². The van der Waals surface area contributed by atoms with Crippen molar-refractivity contribution in [3.63, 3.8) is 0 Å². The monoisotopic (exact) mass is 744 g/mol. The predicted molar refractivity (Wildman–Crippen MR) is 200 cm³/mol. The summed E-state index contributed by atoms with van der Waals surface area (Å²) in [5.74, 6) is 1.40. The van der Waals surface area contributed by atoms with Crippen LogP contribution in [0.25, 0.3) is 11.1 Å². The molecular formula is C39H42Cl2N6O5. The molecule has 1 saturated heterocycles. The zero-order chi connectivity index (χ0) is 36.2. The first-order valence-corrected chi connectivity index (χ1v) is 18.5. The number of benzene rings is 2. The van der Waals surface area contributed by atoms with Crippen LogP contribution >= 0.6 is 23.2 Å². The molecular weight excluding hydrogens is 703 g/mol. The second-order valence-electron chi connectivity index (χ2n) is 13.7. The zero-order valence-electron chi connectivity index (χ0n) is 28.9. The van der Waals surface area contributed by atoms with Crippen LogP contribution in [0.5, 0.6) is 11.8 Å². The fraction of sp³-hybridized carbons (Fsp3) is 0.385. The molecule has 272 valence electrons. The Balaban J connectivity index is 1.00. The van der Waals surface area contributed by atoms with Gasteiger partial charge < -0.3 is 35.8 Å². The molecule has 2 amide bonds. The van der Waals surface area contributed by atoms with Gasteiger partial charge in [-0.15, -0.1) is 0 Å². The summed E-state index contributed by atoms with van der Waals surface area (Å²) in [4.78, 5) is 34.0. The van der Waals surface area contributed by atoms with Gasteiger partial charge in [0.1, 0.15) is 16.9 Å². The Hall–Kier alpha value is -4.26. The molecule has 7 rings (SSSR count). The molecule has 2 aromatic heterocycles. The number of fused-ring (bicyclic) bond motifs is 1. The summed E-state index contributed by atoms with van der Waals surface area (Å²) in [5, 5.41) is 22.8. The Morgan fingerprint density at radius 2 is 1.79 bits per heavy atom. The van der Waals surface area contributed by atoms with Gasteiger partial charge in [0.15, 0.2) is 0 Å². The number of aliphatic hydroxyl groups excluding tert-OH is 1. The number of hydrogen-bond donors (Lipinski definition) is 5. The maximum atomic E-state index is 13.4. The molecule has 0 bridgehead atoms. The van der Waals surface area contributed by atoms with Crippen molar-refractivity contribution in [3.05, 3.63) is 98.7 Å². The van der Waals surface area contributed by atoms with Gasteiger partial charge in [0.05, 0.1) is 23.8 Å². The number of anilines is 1. The molecule has 13 heteroatoms. The minimum atomic E-state index is -0.346. The van der Waals surface area contributed by atoms with Gasteiger partial charge in [0, 0.05) is 49.4 Å². The molecule has 2 aromatic carbocycles. The number of hydrogen-bond acceptors (Lipinski definition) is 9. The molecule has 0 spiro atoms. The predicted octanol–water partition coefficient (Wildman–Crippen LogP) is 6.01. The third-order valence-electron chi connectivity index (χ3n) is 10.0. The molecule has 0 unspecified atom stereocenters. The minimum Gasteiger partial charge on any atom is -0.481 e. The van der Waals surface area contributed by atoms with Crippen LogP contribution in [-0.2, 0) is 24.3 Å². The van der Waals surface area contributed by atoms with Crippen LogP contribution in [0.4, 0.5) is 5.82 Å². The highest BCUT2D eigenvalue weighted by molar-refractivity contribution is 6.37. The Morgan fingerprint density at radius 1 is 0.981 bits per heavy atom. The number of nitrogens with one attached hydrogen (secondary N) is 4. The molecule has 1 saturated carbocycles. The van der Waals surface area contributed by atoms with Crippen molar-refractivity contribution >= 4 is 40.8 Å². The number of nitrogens with zero attached hydrogens (tertiary/aromatic N) is 2. The fourth-order valence-corrected chi connectivity index (χ4v) is 7.74. The number of amides is 2. The smallest absolute Gasteiger partial charge is 0.258 e. The van der Waals surface area contributed by atoms with E-state index in [-0.39, 0.29) is 35.9 Å². The fourth-order valence-electron chi connectivity index (χ4n) is 7.21. The van der Waals surface area contributed by atoms with Gasteiger partial charge in [0.25, 0.3) is 5.91 Å². The van der Waals surface area contributed by atoms with E-state index in [0.717, 1.165) is 65.6 Å². The third kappa shape index (κ3) is 8.19. The molecule has 3 aliphatic rings. The van der Waals surface area contributed by atoms with Gasteiger partial charge >= 0.3 is 0 Å². The Labute approximate surface area is 312 Å². The summed E-state index contributed by atoms with van der Waals surface area (Å²) in [6.45, 7) is 2.65. The van der Waals surface area contributed by atoms with Crippen LogP contribution in [0, 0.1) is 5.92 Å². The summed E-state index contributed by atoms with van der Waals surface area (Å²) in [6.07, 6.45) is 5.82. The number of carbonyl (C=O) groups excluding carboxylic acids is 2. The number of aliphatic hydroxyl groups is 1. The first-order chi connectivity index (χ1) is 25.2. The maximum absolute atomic E-state index is 13.4. The van der Waals surface area contributed by atoms with Gasteiger partial charge in [-0.1, -0.05) is 59.6 Å². The summed E-state index contributed by atoms with van der Waals surface area (Å²) in [6, 6.07) is 17.1. The van der Waals surface area contributed by atoms with Crippen LogP contribution in [0.3, 0.4) is 0 Å². The highest BCUT2D eigenvalue weighted by Gasteiger charge is 2.30. The molecule has 3 heterocycles. The van der Waals surface area contributed by atoms with E-state index in [1.165, 1.54) is 0 Å². The zero-order valence-corrected chi connectivity index (χ0v) is 30.4. The quantitative estimate of drug-likeness (QED) is 0.105. The summed E-state index contributed by atoms with van der Waals surface area (Å²) < 4.78 is 12.0. The van der Waals surface area contributed by atoms with E-state index in [4.69, 9.17) is 32.7 Å². The van der Waals surface area contributed by atoms with E-state index in [1.807, 2.05) is 36.4 Å². The van der Waals surface area contributed by atoms with Crippen LogP contribution in [0.2, 0.25) is 10.0 Å². The Bertz CT molecular complexity index is 1940. The summed E-state index contributed by atoms with van der Waals surface area (Å²) >= 11 is 13.6. The lowest BCUT2D eigenvalue weighted by Gasteiger charge is -2.31. The molecule has 2 fully saturated rings. The second-order valence-corrected chi connectivity index (χ2v) is 14.5. The number of halogens is 2. The SMILES string of the molecule is COc1nc(O[C@H]2CCc3c(-c4cccc(C(=O)Nc5ccc(CNCC6CC(O)C6)cn5)c4Cl)cccc32)c(Cl)cc1CNC[C@@H]1CCC(=O)N1. The average molecular weight is 746 g/mol. The standard InChI is InChI=1S/C39H42Cl2N6O5/c1-51-38-24(20-43-21-25-9-13-35(49)45-25)16-32(40)39(47-38)52-33-11-10-28-27(4-2-5-29(28)33)30-6-3-7-31(36(30)41)37(50)46-34-12-8-22(19-44-34)17-42-18-23-14-26(48)15-23/h2-8,12,16,19,23,25-26,33,42-43,48H,9-11,13-15,17-18,20-21H2,1H3,(H,45,49)(H,44,46,50)/t23?,25-,26?,33-/m0/s1. The number of pyridine rings is 2. The van der Waals surface area contributed by atoms with Gasteiger partial charge in [-0.05, 0) is 85.0 Å². The molecule has 52 heavy (non-hydrogen) atoms. The Kier molecular flexibility index (Phi) is 11.2. The maximum Gasteiger partial charge on any atom is 0.258 e. The van der Waals surface area contributed by atoms with Gasteiger partial charge in [0.2, 0.25) is 17.7 Å². The largest absolute Gasteiger partial charge is 0.481 e. The molecule has 0 radical (unpaired) electrons. The van der Waals surface area contributed by atoms with Crippen molar-refractivity contribution in [2.24, 2.45) is 5.92 Å². The van der Waals surface area contributed by atoms with E-state index in [2.05, 4.69) is 31.2 Å². The number of aromatic nitrogens is 2. The summed E-state index contributed by atoms with van der Waals surface area (Å²) in [5.41, 5.74) is 5.94. The van der Waals surface area contributed by atoms with Gasteiger partial charge in [-0.3, -0.25) is 9.59 Å². The van der Waals surface area contributed by atoms with Crippen LogP contribution < -0.4 is 30.7 Å². The molecule has 2 aliphatic carbocycles. The lowest BCUT2D eigenvalue weighted by Crippen LogP contribution is -2.35. The van der Waals surface area contributed by atoms with E-state index >= 15 is 0 Å². The van der Waals surface area contributed by atoms with Crippen LogP contribution in [0.15, 0.2) is 60.8 Å². The highest BCUT2D eigenvalue weighted by Crippen LogP contribution is 2.43. The average Bonchev–Trinajstić information content (AvgIpc) is 3.74. The number of rotatable bonds is 14. The van der Waals surface area contributed by atoms with E-state index < -0.39 is 0 Å². The first-order valence-electron chi connectivity index (χ1n) is 17.7. The molecule has 4 aromatic rings. The summed E-state index contributed by atoms with van der Waals surface area (Å²) in [7, 11) is 1.56. The second kappa shape index (κ2) is 16.2. The van der Waals surface area contributed by atoms with Crippen LogP contribution in [0.1, 0.15) is 70.8 Å². The normalized spacial score (nSPS) is 20.6. The number of ether oxygens (including phenoxy) is 2. The topological polar surface area (TPSA) is 147 Å². The van der Waals surface area contributed by atoms with Crippen LogP contribution in [-0.4, -0.2) is 59.2 Å². The highest BCUT2D eigenvalue weighted by atomic mass is 35.5. The van der Waals surface area contributed by atoms with Crippen molar-refractivity contribution in [2.75, 3.05) is 25.5 Å². The van der Waals surface area contributed by atoms with E-state index in [1.54, 1.807) is 31.5 Å².